The monoisotopic (exact) mass is 240 g/mol. The Hall–Kier alpha value is -1.65. The van der Waals surface area contributed by atoms with Gasteiger partial charge in [-0.25, -0.2) is 0 Å². The first-order chi connectivity index (χ1) is 8.00. The van der Waals surface area contributed by atoms with E-state index in [2.05, 4.69) is 4.74 Å². The molecular formula is C12H16O5. The first kappa shape index (κ1) is 13.4. The van der Waals surface area contributed by atoms with Gasteiger partial charge in [-0.2, -0.15) is 0 Å². The summed E-state index contributed by atoms with van der Waals surface area (Å²) in [5.41, 5.74) is 0. The minimum Gasteiger partial charge on any atom is -0.458 e. The van der Waals surface area contributed by atoms with Crippen molar-refractivity contribution in [1.82, 2.24) is 0 Å². The highest BCUT2D eigenvalue weighted by atomic mass is 16.5. The Morgan fingerprint density at radius 3 is 2.53 bits per heavy atom. The standard InChI is InChI=1S/C12H16O5/c1-8(13)16-7-11(15)10-5-3-4-6-12(10)17-9(2)14/h4,6,10,12H,3,5,7H2,1-2H3/t10-,12+/m0/s1. The van der Waals surface area contributed by atoms with Crippen LogP contribution in [0, 0.1) is 5.92 Å². The van der Waals surface area contributed by atoms with Crippen LogP contribution in [0.5, 0.6) is 0 Å². The minimum absolute atomic E-state index is 0.212. The highest BCUT2D eigenvalue weighted by Crippen LogP contribution is 2.22. The van der Waals surface area contributed by atoms with E-state index in [0.29, 0.717) is 6.42 Å². The smallest absolute Gasteiger partial charge is 0.303 e. The van der Waals surface area contributed by atoms with Gasteiger partial charge >= 0.3 is 11.9 Å². The fourth-order valence-electron chi connectivity index (χ4n) is 1.74. The lowest BCUT2D eigenvalue weighted by Gasteiger charge is -2.25. The SMILES string of the molecule is CC(=O)OCC(=O)[C@@H]1CCC=C[C@H]1OC(C)=O. The lowest BCUT2D eigenvalue weighted by molar-refractivity contribution is -0.153. The number of ketones is 1. The summed E-state index contributed by atoms with van der Waals surface area (Å²) in [5, 5.41) is 0. The number of hydrogen-bond donors (Lipinski definition) is 0. The van der Waals surface area contributed by atoms with Crippen LogP contribution < -0.4 is 0 Å². The molecule has 0 radical (unpaired) electrons. The molecule has 0 aromatic rings. The van der Waals surface area contributed by atoms with E-state index in [4.69, 9.17) is 4.74 Å². The van der Waals surface area contributed by atoms with E-state index >= 15 is 0 Å². The van der Waals surface area contributed by atoms with Crippen LogP contribution in [0.25, 0.3) is 0 Å². The summed E-state index contributed by atoms with van der Waals surface area (Å²) < 4.78 is 9.70. The van der Waals surface area contributed by atoms with Gasteiger partial charge in [-0.05, 0) is 18.9 Å². The second kappa shape index (κ2) is 6.18. The molecule has 0 aromatic carbocycles. The van der Waals surface area contributed by atoms with Gasteiger partial charge in [0.15, 0.2) is 5.78 Å². The Morgan fingerprint density at radius 2 is 1.94 bits per heavy atom. The molecule has 94 valence electrons. The Morgan fingerprint density at radius 1 is 1.24 bits per heavy atom. The summed E-state index contributed by atoms with van der Waals surface area (Å²) in [4.78, 5) is 33.3. The van der Waals surface area contributed by atoms with Gasteiger partial charge in [0.25, 0.3) is 0 Å². The van der Waals surface area contributed by atoms with E-state index < -0.39 is 24.0 Å². The maximum absolute atomic E-state index is 11.8. The van der Waals surface area contributed by atoms with Crippen LogP contribution in [-0.4, -0.2) is 30.4 Å². The molecule has 0 bridgehead atoms. The maximum atomic E-state index is 11.8. The van der Waals surface area contributed by atoms with Crippen molar-refractivity contribution in [3.8, 4) is 0 Å². The number of carbonyl (C=O) groups is 3. The molecule has 0 saturated carbocycles. The molecule has 5 nitrogen and oxygen atoms in total. The van der Waals surface area contributed by atoms with Crippen molar-refractivity contribution >= 4 is 17.7 Å². The predicted molar refractivity (Wildman–Crippen MR) is 59.1 cm³/mol. The van der Waals surface area contributed by atoms with Crippen molar-refractivity contribution in [3.63, 3.8) is 0 Å². The molecule has 0 fully saturated rings. The van der Waals surface area contributed by atoms with Crippen molar-refractivity contribution in [3.05, 3.63) is 12.2 Å². The average Bonchev–Trinajstić information content (AvgIpc) is 2.25. The van der Waals surface area contributed by atoms with Crippen molar-refractivity contribution in [2.24, 2.45) is 5.92 Å². The lowest BCUT2D eigenvalue weighted by Crippen LogP contribution is -2.34. The zero-order valence-corrected chi connectivity index (χ0v) is 9.97. The van der Waals surface area contributed by atoms with E-state index in [1.165, 1.54) is 13.8 Å². The molecule has 0 aromatic heterocycles. The van der Waals surface area contributed by atoms with Crippen LogP contribution >= 0.6 is 0 Å². The maximum Gasteiger partial charge on any atom is 0.303 e. The Kier molecular flexibility index (Phi) is 4.87. The molecule has 0 unspecified atom stereocenters. The number of hydrogen-bond acceptors (Lipinski definition) is 5. The zero-order valence-electron chi connectivity index (χ0n) is 9.97. The van der Waals surface area contributed by atoms with Crippen molar-refractivity contribution in [1.29, 1.82) is 0 Å². The summed E-state index contributed by atoms with van der Waals surface area (Å²) in [5.74, 6) is -1.54. The molecular weight excluding hydrogens is 224 g/mol. The number of esters is 2. The first-order valence-corrected chi connectivity index (χ1v) is 5.50. The van der Waals surface area contributed by atoms with Crippen molar-refractivity contribution in [2.45, 2.75) is 32.8 Å². The molecule has 1 rings (SSSR count). The van der Waals surface area contributed by atoms with Gasteiger partial charge in [-0.3, -0.25) is 14.4 Å². The molecule has 2 atom stereocenters. The lowest BCUT2D eigenvalue weighted by atomic mass is 9.88. The third-order valence-electron chi connectivity index (χ3n) is 2.50. The third kappa shape index (κ3) is 4.38. The van der Waals surface area contributed by atoms with Gasteiger partial charge in [0.05, 0.1) is 5.92 Å². The summed E-state index contributed by atoms with van der Waals surface area (Å²) in [6, 6.07) is 0. The van der Waals surface area contributed by atoms with Crippen LogP contribution in [-0.2, 0) is 23.9 Å². The zero-order chi connectivity index (χ0) is 12.8. The number of allylic oxidation sites excluding steroid dienone is 1. The van der Waals surface area contributed by atoms with Crippen molar-refractivity contribution < 1.29 is 23.9 Å². The Bertz CT molecular complexity index is 345. The van der Waals surface area contributed by atoms with Crippen molar-refractivity contribution in [2.75, 3.05) is 6.61 Å². The first-order valence-electron chi connectivity index (χ1n) is 5.50. The number of ether oxygens (including phenoxy) is 2. The van der Waals surface area contributed by atoms with Gasteiger partial charge in [0, 0.05) is 13.8 Å². The number of rotatable bonds is 4. The molecule has 5 heteroatoms. The van der Waals surface area contributed by atoms with Gasteiger partial charge in [-0.1, -0.05) is 6.08 Å². The molecule has 1 aliphatic carbocycles. The Balaban J connectivity index is 2.59. The van der Waals surface area contributed by atoms with Gasteiger partial charge in [-0.15, -0.1) is 0 Å². The highest BCUT2D eigenvalue weighted by molar-refractivity contribution is 5.85. The molecule has 0 spiro atoms. The second-order valence-electron chi connectivity index (χ2n) is 3.93. The topological polar surface area (TPSA) is 69.7 Å². The van der Waals surface area contributed by atoms with Crippen LogP contribution in [0.3, 0.4) is 0 Å². The highest BCUT2D eigenvalue weighted by Gasteiger charge is 2.30. The number of Topliss-reactive ketones (excluding diaryl/α,β-unsaturated/α-hetero) is 1. The van der Waals surface area contributed by atoms with Gasteiger partial charge in [0.1, 0.15) is 12.7 Å². The molecule has 17 heavy (non-hydrogen) atoms. The number of carbonyl (C=O) groups excluding carboxylic acids is 3. The summed E-state index contributed by atoms with van der Waals surface area (Å²) in [6.07, 6.45) is 4.41. The fourth-order valence-corrected chi connectivity index (χ4v) is 1.74. The van der Waals surface area contributed by atoms with Crippen LogP contribution in [0.2, 0.25) is 0 Å². The average molecular weight is 240 g/mol. The van der Waals surface area contributed by atoms with Crippen LogP contribution in [0.1, 0.15) is 26.7 Å². The molecule has 0 N–H and O–H groups in total. The Labute approximate surface area is 99.8 Å². The molecule has 0 saturated heterocycles. The second-order valence-corrected chi connectivity index (χ2v) is 3.93. The summed E-state index contributed by atoms with van der Waals surface area (Å²) >= 11 is 0. The van der Waals surface area contributed by atoms with E-state index in [-0.39, 0.29) is 12.4 Å². The summed E-state index contributed by atoms with van der Waals surface area (Å²) in [6.45, 7) is 2.29. The van der Waals surface area contributed by atoms with Crippen LogP contribution in [0.4, 0.5) is 0 Å². The van der Waals surface area contributed by atoms with E-state index in [1.54, 1.807) is 6.08 Å². The molecule has 0 heterocycles. The quantitative estimate of drug-likeness (QED) is 0.542. The van der Waals surface area contributed by atoms with E-state index in [1.807, 2.05) is 6.08 Å². The van der Waals surface area contributed by atoms with E-state index in [0.717, 1.165) is 6.42 Å². The van der Waals surface area contributed by atoms with Gasteiger partial charge in [0.2, 0.25) is 0 Å². The molecule has 0 aliphatic heterocycles. The molecule has 0 amide bonds. The largest absolute Gasteiger partial charge is 0.458 e. The molecule has 1 aliphatic rings. The van der Waals surface area contributed by atoms with Crippen LogP contribution in [0.15, 0.2) is 12.2 Å². The van der Waals surface area contributed by atoms with Gasteiger partial charge < -0.3 is 9.47 Å². The third-order valence-corrected chi connectivity index (χ3v) is 2.50. The fraction of sp³-hybridized carbons (Fsp3) is 0.583. The predicted octanol–water partition coefficient (Wildman–Crippen LogP) is 1.02. The summed E-state index contributed by atoms with van der Waals surface area (Å²) in [7, 11) is 0. The minimum atomic E-state index is -0.538. The normalized spacial score (nSPS) is 22.9. The van der Waals surface area contributed by atoms with E-state index in [9.17, 15) is 14.4 Å².